The van der Waals surface area contributed by atoms with E-state index in [9.17, 15) is 4.79 Å². The van der Waals surface area contributed by atoms with Crippen LogP contribution in [0.15, 0.2) is 39.5 Å². The molecule has 0 amide bonds. The van der Waals surface area contributed by atoms with Crippen LogP contribution in [0.3, 0.4) is 0 Å². The Morgan fingerprint density at radius 3 is 2.29 bits per heavy atom. The third-order valence-electron chi connectivity index (χ3n) is 5.83. The van der Waals surface area contributed by atoms with Crippen LogP contribution in [0, 0.1) is 20.8 Å². The topological polar surface area (TPSA) is 42.7 Å². The lowest BCUT2D eigenvalue weighted by Crippen LogP contribution is -2.32. The Morgan fingerprint density at radius 1 is 0.964 bits per heavy atom. The summed E-state index contributed by atoms with van der Waals surface area (Å²) in [5.74, 6) is 0.835. The molecule has 0 atom stereocenters. The minimum atomic E-state index is -0.274. The molecule has 2 aromatic carbocycles. The van der Waals surface area contributed by atoms with Gasteiger partial charge >= 0.3 is 5.63 Å². The summed E-state index contributed by atoms with van der Waals surface area (Å²) in [5, 5.41) is 0.988. The minimum Gasteiger partial charge on any atom is -0.472 e. The van der Waals surface area contributed by atoms with E-state index in [4.69, 9.17) is 9.15 Å². The number of benzene rings is 2. The van der Waals surface area contributed by atoms with Gasteiger partial charge in [-0.05, 0) is 55.5 Å². The number of nitrogens with zero attached hydrogens (tertiary/aromatic N) is 1. The van der Waals surface area contributed by atoms with Gasteiger partial charge in [-0.3, -0.25) is 0 Å². The molecule has 0 N–H and O–H groups in total. The first-order valence-corrected chi connectivity index (χ1v) is 9.71. The molecule has 1 aliphatic heterocycles. The van der Waals surface area contributed by atoms with E-state index in [-0.39, 0.29) is 11.0 Å². The van der Waals surface area contributed by atoms with Crippen molar-refractivity contribution in [2.75, 3.05) is 11.6 Å². The van der Waals surface area contributed by atoms with Gasteiger partial charge in [0.25, 0.3) is 0 Å². The van der Waals surface area contributed by atoms with Crippen LogP contribution in [0.2, 0.25) is 0 Å². The zero-order valence-corrected chi connectivity index (χ0v) is 17.5. The van der Waals surface area contributed by atoms with Crippen molar-refractivity contribution in [1.82, 2.24) is 0 Å². The molecule has 4 nitrogen and oxygen atoms in total. The van der Waals surface area contributed by atoms with E-state index in [0.717, 1.165) is 40.1 Å². The van der Waals surface area contributed by atoms with Gasteiger partial charge in [0.15, 0.2) is 6.73 Å². The van der Waals surface area contributed by atoms with Crippen molar-refractivity contribution in [3.05, 3.63) is 68.6 Å². The molecule has 0 saturated heterocycles. The largest absolute Gasteiger partial charge is 0.472 e. The van der Waals surface area contributed by atoms with E-state index < -0.39 is 0 Å². The van der Waals surface area contributed by atoms with Crippen LogP contribution in [0.5, 0.6) is 5.75 Å². The van der Waals surface area contributed by atoms with Crippen LogP contribution in [0.1, 0.15) is 48.6 Å². The Morgan fingerprint density at radius 2 is 1.64 bits per heavy atom. The molecule has 0 bridgehead atoms. The molecule has 1 aliphatic rings. The zero-order valence-electron chi connectivity index (χ0n) is 17.5. The standard InChI is InChI=1S/C24H27NO3/c1-14-15(2)23(26)28-22-16(3)21-17(11-20(14)22)12-25(13-27-21)19-9-7-18(8-10-19)24(4,5)6/h7-11H,12-13H2,1-6H3. The van der Waals surface area contributed by atoms with E-state index in [1.54, 1.807) is 0 Å². The van der Waals surface area contributed by atoms with Gasteiger partial charge in [-0.1, -0.05) is 32.9 Å². The molecule has 3 aromatic rings. The first kappa shape index (κ1) is 18.6. The van der Waals surface area contributed by atoms with Crippen LogP contribution in [0.4, 0.5) is 5.69 Å². The summed E-state index contributed by atoms with van der Waals surface area (Å²) >= 11 is 0. The number of hydrogen-bond acceptors (Lipinski definition) is 4. The Balaban J connectivity index is 1.74. The molecule has 146 valence electrons. The average molecular weight is 377 g/mol. The van der Waals surface area contributed by atoms with Crippen LogP contribution >= 0.6 is 0 Å². The Hall–Kier alpha value is -2.75. The molecule has 4 rings (SSSR count). The van der Waals surface area contributed by atoms with Gasteiger partial charge in [0.05, 0.1) is 0 Å². The lowest BCUT2D eigenvalue weighted by molar-refractivity contribution is 0.287. The van der Waals surface area contributed by atoms with Gasteiger partial charge in [-0.2, -0.15) is 0 Å². The van der Waals surface area contributed by atoms with Gasteiger partial charge in [0.1, 0.15) is 11.3 Å². The second-order valence-electron chi connectivity index (χ2n) is 8.77. The second-order valence-corrected chi connectivity index (χ2v) is 8.77. The molecule has 0 fully saturated rings. The van der Waals surface area contributed by atoms with Crippen LogP contribution in [0.25, 0.3) is 11.0 Å². The van der Waals surface area contributed by atoms with Crippen molar-refractivity contribution < 1.29 is 9.15 Å². The van der Waals surface area contributed by atoms with E-state index in [0.29, 0.717) is 17.9 Å². The van der Waals surface area contributed by atoms with E-state index >= 15 is 0 Å². The third kappa shape index (κ3) is 2.97. The van der Waals surface area contributed by atoms with Crippen molar-refractivity contribution in [1.29, 1.82) is 0 Å². The highest BCUT2D eigenvalue weighted by Crippen LogP contribution is 2.37. The summed E-state index contributed by atoms with van der Waals surface area (Å²) in [6.07, 6.45) is 0. The summed E-state index contributed by atoms with van der Waals surface area (Å²) in [6.45, 7) is 13.7. The SMILES string of the molecule is Cc1c(C)c2cc3c(c(C)c2oc1=O)OCN(c1ccc(C(C)(C)C)cc1)C3. The highest BCUT2D eigenvalue weighted by molar-refractivity contribution is 5.87. The lowest BCUT2D eigenvalue weighted by atomic mass is 9.87. The molecule has 28 heavy (non-hydrogen) atoms. The Kier molecular flexibility index (Phi) is 4.25. The molecule has 0 spiro atoms. The van der Waals surface area contributed by atoms with E-state index in [2.05, 4.69) is 56.0 Å². The van der Waals surface area contributed by atoms with Crippen molar-refractivity contribution in [2.45, 2.75) is 53.5 Å². The third-order valence-corrected chi connectivity index (χ3v) is 5.83. The van der Waals surface area contributed by atoms with Gasteiger partial charge in [0.2, 0.25) is 0 Å². The maximum absolute atomic E-state index is 12.1. The quantitative estimate of drug-likeness (QED) is 0.535. The maximum atomic E-state index is 12.1. The van der Waals surface area contributed by atoms with Crippen LogP contribution in [-0.4, -0.2) is 6.73 Å². The second kappa shape index (κ2) is 6.40. The number of aryl methyl sites for hydroxylation is 2. The molecule has 0 radical (unpaired) electrons. The summed E-state index contributed by atoms with van der Waals surface area (Å²) < 4.78 is 11.7. The van der Waals surface area contributed by atoms with Gasteiger partial charge in [-0.15, -0.1) is 0 Å². The van der Waals surface area contributed by atoms with E-state index in [1.165, 1.54) is 5.56 Å². The zero-order chi connectivity index (χ0) is 20.2. The minimum absolute atomic E-state index is 0.138. The van der Waals surface area contributed by atoms with Gasteiger partial charge in [0, 0.05) is 34.3 Å². The number of fused-ring (bicyclic) bond motifs is 2. The summed E-state index contributed by atoms with van der Waals surface area (Å²) in [6, 6.07) is 10.8. The van der Waals surface area contributed by atoms with Crippen molar-refractivity contribution in [2.24, 2.45) is 0 Å². The number of hydrogen-bond donors (Lipinski definition) is 0. The van der Waals surface area contributed by atoms with Crippen LogP contribution < -0.4 is 15.3 Å². The summed E-state index contributed by atoms with van der Waals surface area (Å²) in [5.41, 5.74) is 6.62. The summed E-state index contributed by atoms with van der Waals surface area (Å²) in [7, 11) is 0. The predicted octanol–water partition coefficient (Wildman–Crippen LogP) is 5.37. The molecule has 0 saturated carbocycles. The molecule has 1 aromatic heterocycles. The molecule has 4 heteroatoms. The van der Waals surface area contributed by atoms with Crippen LogP contribution in [-0.2, 0) is 12.0 Å². The first-order valence-electron chi connectivity index (χ1n) is 9.71. The molecular formula is C24H27NO3. The van der Waals surface area contributed by atoms with E-state index in [1.807, 2.05) is 20.8 Å². The van der Waals surface area contributed by atoms with Gasteiger partial charge in [-0.25, -0.2) is 4.79 Å². The number of ether oxygens (including phenoxy) is 1. The highest BCUT2D eigenvalue weighted by Gasteiger charge is 2.24. The molecular weight excluding hydrogens is 350 g/mol. The van der Waals surface area contributed by atoms with Crippen molar-refractivity contribution in [3.63, 3.8) is 0 Å². The highest BCUT2D eigenvalue weighted by atomic mass is 16.5. The fraction of sp³-hybridized carbons (Fsp3) is 0.375. The van der Waals surface area contributed by atoms with Crippen molar-refractivity contribution in [3.8, 4) is 5.75 Å². The lowest BCUT2D eigenvalue weighted by Gasteiger charge is -2.32. The first-order chi connectivity index (χ1) is 13.2. The predicted molar refractivity (Wildman–Crippen MR) is 114 cm³/mol. The van der Waals surface area contributed by atoms with Crippen molar-refractivity contribution >= 4 is 16.7 Å². The molecule has 0 unspecified atom stereocenters. The fourth-order valence-electron chi connectivity index (χ4n) is 3.84. The van der Waals surface area contributed by atoms with Gasteiger partial charge < -0.3 is 14.1 Å². The molecule has 0 aliphatic carbocycles. The Labute approximate surface area is 165 Å². The fourth-order valence-corrected chi connectivity index (χ4v) is 3.84. The normalized spacial score (nSPS) is 14.1. The molecule has 2 heterocycles. The maximum Gasteiger partial charge on any atom is 0.339 e. The number of anilines is 1. The number of rotatable bonds is 1. The monoisotopic (exact) mass is 377 g/mol. The Bertz CT molecular complexity index is 1120. The smallest absolute Gasteiger partial charge is 0.339 e. The average Bonchev–Trinajstić information content (AvgIpc) is 2.66. The summed E-state index contributed by atoms with van der Waals surface area (Å²) in [4.78, 5) is 14.3.